The molecule has 1 nitrogen and oxygen atoms in total. The van der Waals surface area contributed by atoms with Gasteiger partial charge in [-0.05, 0) is 126 Å². The minimum Gasteiger partial charge on any atom is -0.256 e. The second-order valence-electron chi connectivity index (χ2n) is 13.6. The Hall–Kier alpha value is -7.09. The van der Waals surface area contributed by atoms with Crippen molar-refractivity contribution in [2.24, 2.45) is 0 Å². The van der Waals surface area contributed by atoms with Crippen LogP contribution in [-0.2, 0) is 0 Å². The molecule has 9 aromatic rings. The summed E-state index contributed by atoms with van der Waals surface area (Å²) in [5.74, 6) is 0. The Morgan fingerprint density at radius 2 is 0.444 bits per heavy atom. The molecule has 0 aliphatic carbocycles. The standard InChI is InChI=1S/C53H37N/c1-2-12-38(13-3-1)41-14-6-17-44(32-41)46-19-8-21-48(34-46)50-23-10-24-51(36-50)49-22-9-20-47(35-49)45-18-7-15-42(33-45)39-27-29-40(30-28-39)43-16-11-25-52(37-43)53-26-4-5-31-54-53/h1-37H. The quantitative estimate of drug-likeness (QED) is 0.155. The van der Waals surface area contributed by atoms with Gasteiger partial charge in [-0.3, -0.25) is 4.98 Å². The van der Waals surface area contributed by atoms with Gasteiger partial charge in [0.05, 0.1) is 5.69 Å². The van der Waals surface area contributed by atoms with Crippen LogP contribution in [0.15, 0.2) is 225 Å². The number of hydrogen-bond acceptors (Lipinski definition) is 1. The minimum absolute atomic E-state index is 0.983. The Kier molecular flexibility index (Phi) is 9.03. The highest BCUT2D eigenvalue weighted by molar-refractivity contribution is 5.82. The molecule has 1 heterocycles. The van der Waals surface area contributed by atoms with Crippen molar-refractivity contribution in [3.8, 4) is 89.1 Å². The maximum Gasteiger partial charge on any atom is 0.0702 e. The molecule has 9 rings (SSSR count). The fourth-order valence-electron chi connectivity index (χ4n) is 7.27. The zero-order valence-corrected chi connectivity index (χ0v) is 29.8. The zero-order valence-electron chi connectivity index (χ0n) is 29.8. The molecule has 0 N–H and O–H groups in total. The number of nitrogens with zero attached hydrogens (tertiary/aromatic N) is 1. The van der Waals surface area contributed by atoms with Gasteiger partial charge in [-0.15, -0.1) is 0 Å². The molecule has 0 atom stereocenters. The van der Waals surface area contributed by atoms with Crippen LogP contribution < -0.4 is 0 Å². The molecule has 8 aromatic carbocycles. The van der Waals surface area contributed by atoms with Gasteiger partial charge in [0, 0.05) is 11.8 Å². The Balaban J connectivity index is 0.959. The molecule has 0 aliphatic heterocycles. The number of benzene rings is 8. The fraction of sp³-hybridized carbons (Fsp3) is 0. The average Bonchev–Trinajstić information content (AvgIpc) is 3.27. The molecule has 0 radical (unpaired) electrons. The lowest BCUT2D eigenvalue weighted by Crippen LogP contribution is -1.86. The summed E-state index contributed by atoms with van der Waals surface area (Å²) < 4.78 is 0. The first-order chi connectivity index (χ1) is 26.7. The Bertz CT molecular complexity index is 2690. The summed E-state index contributed by atoms with van der Waals surface area (Å²) in [7, 11) is 0. The van der Waals surface area contributed by atoms with E-state index in [-0.39, 0.29) is 0 Å². The summed E-state index contributed by atoms with van der Waals surface area (Å²) in [6, 6.07) is 78.4. The molecule has 1 heteroatoms. The molecule has 0 fully saturated rings. The second kappa shape index (κ2) is 14.9. The van der Waals surface area contributed by atoms with Crippen molar-refractivity contribution in [2.45, 2.75) is 0 Å². The second-order valence-corrected chi connectivity index (χ2v) is 13.6. The lowest BCUT2D eigenvalue weighted by atomic mass is 9.93. The largest absolute Gasteiger partial charge is 0.256 e. The maximum atomic E-state index is 4.53. The van der Waals surface area contributed by atoms with E-state index in [2.05, 4.69) is 211 Å². The number of pyridine rings is 1. The van der Waals surface area contributed by atoms with Gasteiger partial charge in [0.15, 0.2) is 0 Å². The molecule has 54 heavy (non-hydrogen) atoms. The minimum atomic E-state index is 0.983. The molecule has 0 saturated carbocycles. The molecule has 0 saturated heterocycles. The predicted octanol–water partition coefficient (Wildman–Crippen LogP) is 14.4. The van der Waals surface area contributed by atoms with Crippen LogP contribution in [-0.4, -0.2) is 4.98 Å². The number of hydrogen-bond donors (Lipinski definition) is 0. The van der Waals surface area contributed by atoms with Gasteiger partial charge in [0.2, 0.25) is 0 Å². The van der Waals surface area contributed by atoms with Gasteiger partial charge < -0.3 is 0 Å². The van der Waals surface area contributed by atoms with Gasteiger partial charge >= 0.3 is 0 Å². The molecular weight excluding hydrogens is 651 g/mol. The SMILES string of the molecule is c1ccc(-c2cccc(-c3cccc(-c4cccc(-c5cccc(-c6cccc(-c7ccc(-c8cccc(-c9ccccn9)c8)cc7)c6)c5)c4)c3)c2)cc1. The lowest BCUT2D eigenvalue weighted by Gasteiger charge is -2.11. The topological polar surface area (TPSA) is 12.9 Å². The van der Waals surface area contributed by atoms with E-state index in [4.69, 9.17) is 0 Å². The smallest absolute Gasteiger partial charge is 0.0702 e. The molecule has 0 amide bonds. The van der Waals surface area contributed by atoms with E-state index in [1.807, 2.05) is 18.3 Å². The molecule has 1 aromatic heterocycles. The van der Waals surface area contributed by atoms with E-state index in [9.17, 15) is 0 Å². The van der Waals surface area contributed by atoms with Crippen LogP contribution in [0.3, 0.4) is 0 Å². The summed E-state index contributed by atoms with van der Waals surface area (Å²) >= 11 is 0. The van der Waals surface area contributed by atoms with Crippen molar-refractivity contribution in [2.75, 3.05) is 0 Å². The monoisotopic (exact) mass is 687 g/mol. The van der Waals surface area contributed by atoms with E-state index in [0.717, 1.165) is 11.3 Å². The Morgan fingerprint density at radius 1 is 0.185 bits per heavy atom. The van der Waals surface area contributed by atoms with Gasteiger partial charge in [0.1, 0.15) is 0 Å². The lowest BCUT2D eigenvalue weighted by molar-refractivity contribution is 1.33. The highest BCUT2D eigenvalue weighted by atomic mass is 14.7. The third kappa shape index (κ3) is 7.04. The van der Waals surface area contributed by atoms with Gasteiger partial charge in [-0.1, -0.05) is 170 Å². The first-order valence-electron chi connectivity index (χ1n) is 18.4. The van der Waals surface area contributed by atoms with E-state index in [1.165, 1.54) is 77.9 Å². The van der Waals surface area contributed by atoms with Crippen molar-refractivity contribution in [1.82, 2.24) is 4.98 Å². The van der Waals surface area contributed by atoms with E-state index in [1.54, 1.807) is 0 Å². The van der Waals surface area contributed by atoms with Crippen LogP contribution in [0, 0.1) is 0 Å². The van der Waals surface area contributed by atoms with Crippen molar-refractivity contribution < 1.29 is 0 Å². The first-order valence-corrected chi connectivity index (χ1v) is 18.4. The van der Waals surface area contributed by atoms with Crippen LogP contribution in [0.25, 0.3) is 89.1 Å². The van der Waals surface area contributed by atoms with Gasteiger partial charge in [-0.2, -0.15) is 0 Å². The van der Waals surface area contributed by atoms with Crippen molar-refractivity contribution >= 4 is 0 Å². The summed E-state index contributed by atoms with van der Waals surface area (Å²) in [4.78, 5) is 4.53. The van der Waals surface area contributed by atoms with Crippen LogP contribution in [0.5, 0.6) is 0 Å². The van der Waals surface area contributed by atoms with Crippen molar-refractivity contribution in [3.63, 3.8) is 0 Å². The van der Waals surface area contributed by atoms with E-state index in [0.29, 0.717) is 0 Å². The van der Waals surface area contributed by atoms with Crippen LogP contribution in [0.1, 0.15) is 0 Å². The summed E-state index contributed by atoms with van der Waals surface area (Å²) in [6.45, 7) is 0. The Morgan fingerprint density at radius 3 is 0.778 bits per heavy atom. The molecule has 0 unspecified atom stereocenters. The molecule has 0 bridgehead atoms. The van der Waals surface area contributed by atoms with E-state index < -0.39 is 0 Å². The average molecular weight is 688 g/mol. The summed E-state index contributed by atoms with van der Waals surface area (Å²) in [5, 5.41) is 0. The highest BCUT2D eigenvalue weighted by Crippen LogP contribution is 2.34. The number of aromatic nitrogens is 1. The molecule has 0 aliphatic rings. The highest BCUT2D eigenvalue weighted by Gasteiger charge is 2.09. The molecular formula is C53H37N. The summed E-state index contributed by atoms with van der Waals surface area (Å²) in [6.07, 6.45) is 1.84. The third-order valence-electron chi connectivity index (χ3n) is 10.1. The van der Waals surface area contributed by atoms with Crippen LogP contribution >= 0.6 is 0 Å². The van der Waals surface area contributed by atoms with Crippen LogP contribution in [0.4, 0.5) is 0 Å². The van der Waals surface area contributed by atoms with Gasteiger partial charge in [-0.25, -0.2) is 0 Å². The third-order valence-corrected chi connectivity index (χ3v) is 10.1. The summed E-state index contributed by atoms with van der Waals surface area (Å²) in [5.41, 5.74) is 18.9. The first kappa shape index (κ1) is 32.8. The maximum absolute atomic E-state index is 4.53. The Labute approximate surface area is 317 Å². The zero-order chi connectivity index (χ0) is 36.1. The normalized spacial score (nSPS) is 11.0. The number of rotatable bonds is 8. The van der Waals surface area contributed by atoms with Gasteiger partial charge in [0.25, 0.3) is 0 Å². The van der Waals surface area contributed by atoms with Crippen molar-refractivity contribution in [3.05, 3.63) is 225 Å². The van der Waals surface area contributed by atoms with Crippen molar-refractivity contribution in [1.29, 1.82) is 0 Å². The molecule has 0 spiro atoms. The predicted molar refractivity (Wildman–Crippen MR) is 228 cm³/mol. The molecule has 254 valence electrons. The van der Waals surface area contributed by atoms with E-state index >= 15 is 0 Å². The van der Waals surface area contributed by atoms with Crippen LogP contribution in [0.2, 0.25) is 0 Å². The fourth-order valence-corrected chi connectivity index (χ4v) is 7.27.